The van der Waals surface area contributed by atoms with Crippen molar-refractivity contribution in [3.05, 3.63) is 126 Å². The first-order valence-electron chi connectivity index (χ1n) is 12.0. The van der Waals surface area contributed by atoms with E-state index in [1.807, 2.05) is 18.2 Å². The molecule has 3 aromatic heterocycles. The molecule has 5 rings (SSSR count). The van der Waals surface area contributed by atoms with Crippen molar-refractivity contribution in [3.8, 4) is 17.5 Å². The van der Waals surface area contributed by atoms with Gasteiger partial charge in [0.05, 0.1) is 6.26 Å². The van der Waals surface area contributed by atoms with Crippen LogP contribution in [0.2, 0.25) is 0 Å². The van der Waals surface area contributed by atoms with E-state index in [1.54, 1.807) is 79.0 Å². The number of aryl methyl sites for hydroxylation is 1. The highest BCUT2D eigenvalue weighted by Crippen LogP contribution is 2.32. The number of carbonyl (C=O) groups excluding carboxylic acids is 2. The second-order valence-electron chi connectivity index (χ2n) is 8.24. The average molecular weight is 532 g/mol. The zero-order chi connectivity index (χ0) is 27.0. The number of benzene rings is 2. The summed E-state index contributed by atoms with van der Waals surface area (Å²) < 4.78 is 5.57. The number of hydrogen-bond donors (Lipinski definition) is 0. The first-order valence-corrected chi connectivity index (χ1v) is 13.0. The minimum atomic E-state index is -0.594. The molecule has 0 bridgehead atoms. The van der Waals surface area contributed by atoms with Crippen molar-refractivity contribution in [2.45, 2.75) is 11.4 Å². The number of pyridine rings is 1. The molecule has 3 heterocycles. The highest BCUT2D eigenvalue weighted by atomic mass is 32.2. The third-order valence-electron chi connectivity index (χ3n) is 5.70. The highest BCUT2D eigenvalue weighted by molar-refractivity contribution is 7.99. The molecule has 0 radical (unpaired) electrons. The number of nitriles is 1. The number of amides is 2. The summed E-state index contributed by atoms with van der Waals surface area (Å²) in [6.07, 6.45) is 3.82. The van der Waals surface area contributed by atoms with Crippen molar-refractivity contribution in [3.63, 3.8) is 0 Å². The van der Waals surface area contributed by atoms with Gasteiger partial charge in [-0.2, -0.15) is 5.26 Å². The van der Waals surface area contributed by atoms with Crippen molar-refractivity contribution in [2.24, 2.45) is 0 Å². The van der Waals surface area contributed by atoms with Gasteiger partial charge in [-0.25, -0.2) is 14.9 Å². The van der Waals surface area contributed by atoms with Gasteiger partial charge in [-0.3, -0.25) is 14.6 Å². The Hall–Kier alpha value is -5.07. The Morgan fingerprint density at radius 3 is 2.08 bits per heavy atom. The SMILES string of the molecule is N#Cc1c(SCCc2ccccn2)nc(N(C(=O)c2ccccc2)C(=O)c2ccccc2)nc1-c1ccco1. The summed E-state index contributed by atoms with van der Waals surface area (Å²) in [5.41, 5.74) is 1.86. The molecular weight excluding hydrogens is 510 g/mol. The molecule has 0 unspecified atom stereocenters. The Morgan fingerprint density at radius 2 is 1.51 bits per heavy atom. The van der Waals surface area contributed by atoms with Crippen LogP contribution in [0.3, 0.4) is 0 Å². The molecule has 9 heteroatoms. The molecule has 2 amide bonds. The fourth-order valence-electron chi connectivity index (χ4n) is 3.82. The Bertz CT molecular complexity index is 1570. The predicted octanol–water partition coefficient (Wildman–Crippen LogP) is 5.83. The van der Waals surface area contributed by atoms with Gasteiger partial charge in [0.2, 0.25) is 5.95 Å². The number of hydrogen-bond acceptors (Lipinski definition) is 8. The molecule has 5 aromatic rings. The summed E-state index contributed by atoms with van der Waals surface area (Å²) in [6, 6.07) is 28.1. The largest absolute Gasteiger partial charge is 0.463 e. The van der Waals surface area contributed by atoms with Gasteiger partial charge in [0.15, 0.2) is 5.76 Å². The fraction of sp³-hybridized carbons (Fsp3) is 0.0667. The van der Waals surface area contributed by atoms with Crippen molar-refractivity contribution >= 4 is 29.5 Å². The summed E-state index contributed by atoms with van der Waals surface area (Å²) in [7, 11) is 0. The Kier molecular flexibility index (Phi) is 7.86. The van der Waals surface area contributed by atoms with E-state index in [1.165, 1.54) is 18.0 Å². The lowest BCUT2D eigenvalue weighted by Gasteiger charge is -2.21. The Morgan fingerprint density at radius 1 is 0.846 bits per heavy atom. The van der Waals surface area contributed by atoms with E-state index >= 15 is 0 Å². The number of nitrogens with zero attached hydrogens (tertiary/aromatic N) is 5. The van der Waals surface area contributed by atoms with Crippen LogP contribution in [-0.4, -0.2) is 32.5 Å². The smallest absolute Gasteiger partial charge is 0.267 e. The second kappa shape index (κ2) is 12.0. The second-order valence-corrected chi connectivity index (χ2v) is 9.32. The van der Waals surface area contributed by atoms with Crippen molar-refractivity contribution in [1.29, 1.82) is 5.26 Å². The number of carbonyl (C=O) groups is 2. The standard InChI is InChI=1S/C30H21N5O3S/c31-20-24-26(25-15-9-18-38-25)33-30(34-27(24)39-19-16-23-14-7-8-17-32-23)35(28(36)21-10-3-1-4-11-21)29(37)22-12-5-2-6-13-22/h1-15,17-18H,16,19H2. The van der Waals surface area contributed by atoms with Crippen LogP contribution in [0.4, 0.5) is 5.95 Å². The molecule has 0 aliphatic rings. The minimum absolute atomic E-state index is 0.150. The van der Waals surface area contributed by atoms with E-state index in [2.05, 4.69) is 21.0 Å². The molecule has 190 valence electrons. The van der Waals surface area contributed by atoms with Crippen LogP contribution in [0.5, 0.6) is 0 Å². The van der Waals surface area contributed by atoms with Gasteiger partial charge in [-0.15, -0.1) is 11.8 Å². The van der Waals surface area contributed by atoms with Crippen LogP contribution < -0.4 is 4.90 Å². The summed E-state index contributed by atoms with van der Waals surface area (Å²) in [5.74, 6) is -0.462. The summed E-state index contributed by atoms with van der Waals surface area (Å²) in [5, 5.41) is 10.4. The number of imide groups is 1. The lowest BCUT2D eigenvalue weighted by Crippen LogP contribution is -2.38. The molecule has 0 atom stereocenters. The molecule has 0 aliphatic carbocycles. The van der Waals surface area contributed by atoms with E-state index in [0.717, 1.165) is 10.6 Å². The zero-order valence-corrected chi connectivity index (χ0v) is 21.4. The van der Waals surface area contributed by atoms with Crippen LogP contribution >= 0.6 is 11.8 Å². The van der Waals surface area contributed by atoms with Crippen LogP contribution in [0.1, 0.15) is 32.0 Å². The minimum Gasteiger partial charge on any atom is -0.463 e. The molecule has 0 spiro atoms. The van der Waals surface area contributed by atoms with Crippen LogP contribution in [-0.2, 0) is 6.42 Å². The zero-order valence-electron chi connectivity index (χ0n) is 20.6. The maximum absolute atomic E-state index is 13.7. The summed E-state index contributed by atoms with van der Waals surface area (Å²) >= 11 is 1.32. The molecule has 0 aliphatic heterocycles. The third kappa shape index (κ3) is 5.76. The van der Waals surface area contributed by atoms with Crippen molar-refractivity contribution in [1.82, 2.24) is 15.0 Å². The van der Waals surface area contributed by atoms with Gasteiger partial charge >= 0.3 is 0 Å². The quantitative estimate of drug-likeness (QED) is 0.140. The van der Waals surface area contributed by atoms with Gasteiger partial charge in [-0.05, 0) is 55.0 Å². The van der Waals surface area contributed by atoms with Gasteiger partial charge in [0, 0.05) is 28.8 Å². The van der Waals surface area contributed by atoms with E-state index < -0.39 is 11.8 Å². The molecule has 8 nitrogen and oxygen atoms in total. The van der Waals surface area contributed by atoms with Crippen molar-refractivity contribution in [2.75, 3.05) is 10.7 Å². The van der Waals surface area contributed by atoms with Crippen LogP contribution in [0, 0.1) is 11.3 Å². The van der Waals surface area contributed by atoms with Gasteiger partial charge in [0.1, 0.15) is 22.4 Å². The summed E-state index contributed by atoms with van der Waals surface area (Å²) in [6.45, 7) is 0. The van der Waals surface area contributed by atoms with Gasteiger partial charge in [0.25, 0.3) is 11.8 Å². The molecule has 0 N–H and O–H groups in total. The molecule has 0 saturated heterocycles. The first-order chi connectivity index (χ1) is 19.2. The van der Waals surface area contributed by atoms with Gasteiger partial charge < -0.3 is 4.42 Å². The van der Waals surface area contributed by atoms with Gasteiger partial charge in [-0.1, -0.05) is 42.5 Å². The number of thioether (sulfide) groups is 1. The predicted molar refractivity (Wildman–Crippen MR) is 147 cm³/mol. The summed E-state index contributed by atoms with van der Waals surface area (Å²) in [4.78, 5) is 41.9. The molecule has 2 aromatic carbocycles. The van der Waals surface area contributed by atoms with E-state index in [4.69, 9.17) is 4.42 Å². The Balaban J connectivity index is 1.62. The van der Waals surface area contributed by atoms with E-state index in [0.29, 0.717) is 34.1 Å². The normalized spacial score (nSPS) is 10.5. The van der Waals surface area contributed by atoms with Crippen LogP contribution in [0.15, 0.2) is 113 Å². The van der Waals surface area contributed by atoms with E-state index in [-0.39, 0.29) is 17.2 Å². The average Bonchev–Trinajstić information content (AvgIpc) is 3.53. The number of furan rings is 1. The van der Waals surface area contributed by atoms with Crippen molar-refractivity contribution < 1.29 is 14.0 Å². The fourth-order valence-corrected chi connectivity index (χ4v) is 4.75. The number of rotatable bonds is 8. The molecular formula is C30H21N5O3S. The lowest BCUT2D eigenvalue weighted by atomic mass is 10.1. The lowest BCUT2D eigenvalue weighted by molar-refractivity contribution is 0.0895. The Labute approximate surface area is 229 Å². The molecule has 39 heavy (non-hydrogen) atoms. The highest BCUT2D eigenvalue weighted by Gasteiger charge is 2.31. The molecule has 0 fully saturated rings. The van der Waals surface area contributed by atoms with E-state index in [9.17, 15) is 14.9 Å². The topological polar surface area (TPSA) is 113 Å². The monoisotopic (exact) mass is 531 g/mol. The maximum atomic E-state index is 13.7. The first kappa shape index (κ1) is 25.6. The number of anilines is 1. The van der Waals surface area contributed by atoms with Crippen LogP contribution in [0.25, 0.3) is 11.5 Å². The molecule has 0 saturated carbocycles. The number of aromatic nitrogens is 3. The maximum Gasteiger partial charge on any atom is 0.267 e. The third-order valence-corrected chi connectivity index (χ3v) is 6.68.